The fourth-order valence-electron chi connectivity index (χ4n) is 4.98. The number of nitrogens with one attached hydrogen (secondary N) is 1. The van der Waals surface area contributed by atoms with Gasteiger partial charge in [0.25, 0.3) is 0 Å². The van der Waals surface area contributed by atoms with Gasteiger partial charge >= 0.3 is 0 Å². The summed E-state index contributed by atoms with van der Waals surface area (Å²) in [6, 6.07) is 9.96. The van der Waals surface area contributed by atoms with E-state index in [0.29, 0.717) is 50.3 Å². The Morgan fingerprint density at radius 3 is 2.85 bits per heavy atom. The molecule has 0 saturated carbocycles. The summed E-state index contributed by atoms with van der Waals surface area (Å²) in [5, 5.41) is 14.1. The standard InChI is InChI=1S/C24H25ClFN7O/c1-16-12-28-14-24(34-16,19-5-4-17(11-27)21-18(19)3-2-6-29-21)15-32-7-9-33(10-8-32)22-20(26)13-30-23(25)31-22/h2-6,13,16,28H,7-10,12,14-15H2,1H3/t16-,24+/m1/s1. The summed E-state index contributed by atoms with van der Waals surface area (Å²) in [5.41, 5.74) is 1.64. The quantitative estimate of drug-likeness (QED) is 0.569. The minimum Gasteiger partial charge on any atom is -0.363 e. The number of ether oxygens (including phenoxy) is 1. The highest BCUT2D eigenvalue weighted by molar-refractivity contribution is 6.28. The van der Waals surface area contributed by atoms with Gasteiger partial charge in [0.2, 0.25) is 5.28 Å². The van der Waals surface area contributed by atoms with Crippen molar-refractivity contribution in [1.29, 1.82) is 5.26 Å². The van der Waals surface area contributed by atoms with Crippen molar-refractivity contribution in [2.24, 2.45) is 0 Å². The fraction of sp³-hybridized carbons (Fsp3) is 0.417. The highest BCUT2D eigenvalue weighted by Crippen LogP contribution is 2.36. The molecule has 4 heterocycles. The number of hydrogen-bond acceptors (Lipinski definition) is 8. The predicted molar refractivity (Wildman–Crippen MR) is 127 cm³/mol. The molecular weight excluding hydrogens is 457 g/mol. The Hall–Kier alpha value is -2.90. The van der Waals surface area contributed by atoms with Crippen molar-refractivity contribution in [2.75, 3.05) is 50.7 Å². The van der Waals surface area contributed by atoms with Gasteiger partial charge in [-0.15, -0.1) is 0 Å². The number of anilines is 1. The summed E-state index contributed by atoms with van der Waals surface area (Å²) < 4.78 is 20.9. The van der Waals surface area contributed by atoms with E-state index in [1.807, 2.05) is 29.2 Å². The summed E-state index contributed by atoms with van der Waals surface area (Å²) in [4.78, 5) is 16.5. The first-order chi connectivity index (χ1) is 16.5. The molecule has 3 aromatic rings. The van der Waals surface area contributed by atoms with E-state index >= 15 is 0 Å². The average molecular weight is 482 g/mol. The highest BCUT2D eigenvalue weighted by Gasteiger charge is 2.41. The second-order valence-electron chi connectivity index (χ2n) is 8.80. The normalized spacial score (nSPS) is 23.7. The van der Waals surface area contributed by atoms with Gasteiger partial charge in [0.05, 0.1) is 23.4 Å². The molecule has 0 aliphatic carbocycles. The van der Waals surface area contributed by atoms with E-state index in [2.05, 4.69) is 38.2 Å². The van der Waals surface area contributed by atoms with Crippen molar-refractivity contribution in [1.82, 2.24) is 25.2 Å². The molecule has 34 heavy (non-hydrogen) atoms. The van der Waals surface area contributed by atoms with E-state index in [4.69, 9.17) is 16.3 Å². The van der Waals surface area contributed by atoms with Crippen molar-refractivity contribution in [2.45, 2.75) is 18.6 Å². The van der Waals surface area contributed by atoms with Crippen LogP contribution in [0.5, 0.6) is 0 Å². The van der Waals surface area contributed by atoms with Crippen LogP contribution in [0.4, 0.5) is 10.2 Å². The van der Waals surface area contributed by atoms with E-state index in [1.165, 1.54) is 0 Å². The molecule has 0 bridgehead atoms. The van der Waals surface area contributed by atoms with Gasteiger partial charge < -0.3 is 15.0 Å². The van der Waals surface area contributed by atoms with Crippen LogP contribution in [0.3, 0.4) is 0 Å². The molecule has 1 aromatic carbocycles. The van der Waals surface area contributed by atoms with Crippen LogP contribution in [0.1, 0.15) is 18.1 Å². The molecule has 1 N–H and O–H groups in total. The van der Waals surface area contributed by atoms with Crippen molar-refractivity contribution in [3.63, 3.8) is 0 Å². The zero-order valence-electron chi connectivity index (χ0n) is 18.8. The predicted octanol–water partition coefficient (Wildman–Crippen LogP) is 2.71. The third-order valence-corrected chi connectivity index (χ3v) is 6.68. The summed E-state index contributed by atoms with van der Waals surface area (Å²) in [6.07, 6.45) is 2.84. The lowest BCUT2D eigenvalue weighted by Crippen LogP contribution is -2.59. The van der Waals surface area contributed by atoms with Gasteiger partial charge in [-0.2, -0.15) is 10.2 Å². The zero-order valence-corrected chi connectivity index (χ0v) is 19.6. The molecule has 0 radical (unpaired) electrons. The molecule has 2 aromatic heterocycles. The molecule has 2 atom stereocenters. The van der Waals surface area contributed by atoms with Gasteiger partial charge in [0, 0.05) is 57.4 Å². The second-order valence-corrected chi connectivity index (χ2v) is 9.14. The number of aromatic nitrogens is 3. The van der Waals surface area contributed by atoms with Crippen LogP contribution in [-0.4, -0.2) is 71.8 Å². The Balaban J connectivity index is 1.43. The van der Waals surface area contributed by atoms with E-state index < -0.39 is 11.4 Å². The smallest absolute Gasteiger partial charge is 0.224 e. The summed E-state index contributed by atoms with van der Waals surface area (Å²) >= 11 is 5.89. The van der Waals surface area contributed by atoms with Crippen molar-refractivity contribution in [3.05, 3.63) is 58.9 Å². The van der Waals surface area contributed by atoms with Crippen LogP contribution in [0.2, 0.25) is 5.28 Å². The lowest BCUT2D eigenvalue weighted by atomic mass is 9.86. The van der Waals surface area contributed by atoms with Crippen LogP contribution in [-0.2, 0) is 10.3 Å². The Morgan fingerprint density at radius 2 is 2.09 bits per heavy atom. The lowest BCUT2D eigenvalue weighted by Gasteiger charge is -2.46. The molecule has 2 saturated heterocycles. The minimum atomic E-state index is -0.613. The average Bonchev–Trinajstić information content (AvgIpc) is 2.85. The van der Waals surface area contributed by atoms with E-state index in [9.17, 15) is 9.65 Å². The van der Waals surface area contributed by atoms with Gasteiger partial charge in [-0.3, -0.25) is 9.88 Å². The molecule has 2 aliphatic heterocycles. The second kappa shape index (κ2) is 9.39. The van der Waals surface area contributed by atoms with Crippen molar-refractivity contribution >= 4 is 28.3 Å². The highest BCUT2D eigenvalue weighted by atomic mass is 35.5. The first kappa shape index (κ1) is 22.9. The first-order valence-electron chi connectivity index (χ1n) is 11.3. The van der Waals surface area contributed by atoms with E-state index in [0.717, 1.165) is 23.7 Å². The maximum absolute atomic E-state index is 14.3. The van der Waals surface area contributed by atoms with Crippen molar-refractivity contribution in [3.8, 4) is 6.07 Å². The molecule has 10 heteroatoms. The summed E-state index contributed by atoms with van der Waals surface area (Å²) in [5.74, 6) is -0.234. The number of halogens is 2. The SMILES string of the molecule is C[C@@H]1CNC[C@](CN2CCN(c3nc(Cl)ncc3F)CC2)(c2ccc(C#N)c3ncccc23)O1. The number of hydrogen-bond donors (Lipinski definition) is 1. The first-order valence-corrected chi connectivity index (χ1v) is 11.7. The number of benzene rings is 1. The summed E-state index contributed by atoms with van der Waals surface area (Å²) in [6.45, 7) is 6.78. The monoisotopic (exact) mass is 481 g/mol. The molecule has 2 aliphatic rings. The van der Waals surface area contributed by atoms with Gasteiger partial charge in [0.1, 0.15) is 11.7 Å². The van der Waals surface area contributed by atoms with Gasteiger partial charge in [-0.1, -0.05) is 12.1 Å². The van der Waals surface area contributed by atoms with Crippen molar-refractivity contribution < 1.29 is 9.13 Å². The fourth-order valence-corrected chi connectivity index (χ4v) is 5.11. The number of rotatable bonds is 4. The topological polar surface area (TPSA) is 90.2 Å². The van der Waals surface area contributed by atoms with E-state index in [-0.39, 0.29) is 17.2 Å². The Morgan fingerprint density at radius 1 is 1.26 bits per heavy atom. The van der Waals surface area contributed by atoms with Crippen LogP contribution < -0.4 is 10.2 Å². The number of nitrogens with zero attached hydrogens (tertiary/aromatic N) is 6. The van der Waals surface area contributed by atoms with E-state index in [1.54, 1.807) is 6.20 Å². The molecule has 0 amide bonds. The third-order valence-electron chi connectivity index (χ3n) is 6.50. The van der Waals surface area contributed by atoms with Crippen LogP contribution >= 0.6 is 11.6 Å². The molecular formula is C24H25ClFN7O. The minimum absolute atomic E-state index is 0.0228. The van der Waals surface area contributed by atoms with Crippen LogP contribution in [0.25, 0.3) is 10.9 Å². The van der Waals surface area contributed by atoms with Crippen LogP contribution in [0, 0.1) is 17.1 Å². The number of pyridine rings is 1. The molecule has 0 spiro atoms. The zero-order chi connectivity index (χ0) is 23.7. The molecule has 176 valence electrons. The maximum Gasteiger partial charge on any atom is 0.224 e. The van der Waals surface area contributed by atoms with Crippen LogP contribution in [0.15, 0.2) is 36.7 Å². The molecule has 2 fully saturated rings. The number of piperazine rings is 1. The van der Waals surface area contributed by atoms with Gasteiger partial charge in [-0.05, 0) is 36.2 Å². The molecule has 0 unspecified atom stereocenters. The van der Waals surface area contributed by atoms with Gasteiger partial charge in [0.15, 0.2) is 11.6 Å². The largest absolute Gasteiger partial charge is 0.363 e. The molecule has 5 rings (SSSR count). The Labute approximate surface area is 202 Å². The maximum atomic E-state index is 14.3. The van der Waals surface area contributed by atoms with Gasteiger partial charge in [-0.25, -0.2) is 9.37 Å². The Kier molecular flexibility index (Phi) is 6.32. The third kappa shape index (κ3) is 4.30. The Bertz CT molecular complexity index is 1240. The number of nitriles is 1. The molecule has 8 nitrogen and oxygen atoms in total. The number of fused-ring (bicyclic) bond motifs is 1. The summed E-state index contributed by atoms with van der Waals surface area (Å²) in [7, 11) is 0. The lowest BCUT2D eigenvalue weighted by molar-refractivity contribution is -0.128. The number of morpholine rings is 1.